The molecule has 0 fully saturated rings. The Kier molecular flexibility index (Phi) is 8.69. The Balaban J connectivity index is 2.26. The maximum atomic E-state index is 13.3. The number of methoxy groups -OCH3 is 2. The van der Waals surface area contributed by atoms with E-state index in [0.29, 0.717) is 24.5 Å². The lowest BCUT2D eigenvalue weighted by atomic mass is 10.0. The van der Waals surface area contributed by atoms with E-state index in [9.17, 15) is 13.2 Å². The van der Waals surface area contributed by atoms with E-state index in [2.05, 4.69) is 4.72 Å². The number of hydrogen-bond acceptors (Lipinski definition) is 5. The van der Waals surface area contributed by atoms with E-state index in [-0.39, 0.29) is 16.7 Å². The molecule has 7 nitrogen and oxygen atoms in total. The number of benzene rings is 2. The molecule has 0 aliphatic carbocycles. The zero-order chi connectivity index (χ0) is 24.1. The van der Waals surface area contributed by atoms with Gasteiger partial charge in [-0.2, -0.15) is 4.72 Å². The van der Waals surface area contributed by atoms with Crippen LogP contribution < -0.4 is 14.2 Å². The molecule has 0 heterocycles. The maximum absolute atomic E-state index is 13.3. The first-order valence-corrected chi connectivity index (χ1v) is 12.0. The monoisotopic (exact) mass is 462 g/mol. The molecule has 2 aromatic rings. The van der Waals surface area contributed by atoms with Gasteiger partial charge in [-0.25, -0.2) is 8.42 Å². The normalized spacial score (nSPS) is 12.5. The standard InChI is InChI=1S/C24H34N2O5S/c1-16(2)12-21(25-32(28,29)20-10-8-17(3)9-11-20)24(27)26(5)15-19-14-23(31-7)22(30-6)13-18(19)4/h8-11,13-14,16,21,25H,12,15H2,1-7H3. The number of nitrogens with zero attached hydrogens (tertiary/aromatic N) is 1. The summed E-state index contributed by atoms with van der Waals surface area (Å²) in [6, 6.07) is 9.40. The highest BCUT2D eigenvalue weighted by atomic mass is 32.2. The minimum absolute atomic E-state index is 0.126. The minimum Gasteiger partial charge on any atom is -0.493 e. The van der Waals surface area contributed by atoms with Crippen LogP contribution in [0.3, 0.4) is 0 Å². The first-order valence-electron chi connectivity index (χ1n) is 10.5. The number of likely N-dealkylation sites (N-methyl/N-ethyl adjacent to an activating group) is 1. The van der Waals surface area contributed by atoms with E-state index < -0.39 is 16.1 Å². The van der Waals surface area contributed by atoms with Gasteiger partial charge in [-0.1, -0.05) is 31.5 Å². The van der Waals surface area contributed by atoms with Gasteiger partial charge in [-0.3, -0.25) is 4.79 Å². The summed E-state index contributed by atoms with van der Waals surface area (Å²) in [6.45, 7) is 8.05. The lowest BCUT2D eigenvalue weighted by Gasteiger charge is -2.26. The van der Waals surface area contributed by atoms with Crippen LogP contribution in [0.4, 0.5) is 0 Å². The van der Waals surface area contributed by atoms with Crippen LogP contribution in [0.25, 0.3) is 0 Å². The summed E-state index contributed by atoms with van der Waals surface area (Å²) >= 11 is 0. The Labute approximate surface area is 191 Å². The molecular weight excluding hydrogens is 428 g/mol. The molecule has 1 N–H and O–H groups in total. The van der Waals surface area contributed by atoms with Crippen molar-refractivity contribution in [2.75, 3.05) is 21.3 Å². The summed E-state index contributed by atoms with van der Waals surface area (Å²) in [5.41, 5.74) is 2.80. The summed E-state index contributed by atoms with van der Waals surface area (Å²) in [7, 11) is 0.970. The van der Waals surface area contributed by atoms with Crippen molar-refractivity contribution >= 4 is 15.9 Å². The number of carbonyl (C=O) groups is 1. The second-order valence-corrected chi connectivity index (χ2v) is 10.2. The van der Waals surface area contributed by atoms with Crippen LogP contribution in [-0.4, -0.2) is 46.5 Å². The first kappa shape index (κ1) is 25.7. The average molecular weight is 463 g/mol. The first-order chi connectivity index (χ1) is 15.0. The SMILES string of the molecule is COc1cc(C)c(CN(C)C(=O)C(CC(C)C)NS(=O)(=O)c2ccc(C)cc2)cc1OC. The fourth-order valence-electron chi connectivity index (χ4n) is 3.44. The third kappa shape index (κ3) is 6.46. The van der Waals surface area contributed by atoms with Gasteiger partial charge in [0.05, 0.1) is 19.1 Å². The average Bonchev–Trinajstić information content (AvgIpc) is 2.73. The third-order valence-electron chi connectivity index (χ3n) is 5.26. The van der Waals surface area contributed by atoms with E-state index in [1.807, 2.05) is 39.8 Å². The molecule has 2 rings (SSSR count). The number of carbonyl (C=O) groups excluding carboxylic acids is 1. The largest absolute Gasteiger partial charge is 0.493 e. The summed E-state index contributed by atoms with van der Waals surface area (Å²) in [5, 5.41) is 0. The molecule has 1 unspecified atom stereocenters. The Hall–Kier alpha value is -2.58. The zero-order valence-electron chi connectivity index (χ0n) is 19.9. The molecule has 0 spiro atoms. The Morgan fingerprint density at radius 1 is 1.03 bits per heavy atom. The van der Waals surface area contributed by atoms with Gasteiger partial charge in [0.15, 0.2) is 11.5 Å². The Morgan fingerprint density at radius 3 is 2.12 bits per heavy atom. The van der Waals surface area contributed by atoms with Crippen molar-refractivity contribution in [1.29, 1.82) is 0 Å². The van der Waals surface area contributed by atoms with Gasteiger partial charge in [-0.05, 0) is 61.6 Å². The molecule has 0 aliphatic rings. The number of aryl methyl sites for hydroxylation is 2. The molecule has 8 heteroatoms. The molecule has 0 saturated carbocycles. The Morgan fingerprint density at radius 2 is 1.59 bits per heavy atom. The van der Waals surface area contributed by atoms with Gasteiger partial charge >= 0.3 is 0 Å². The van der Waals surface area contributed by atoms with Crippen molar-refractivity contribution in [2.45, 2.75) is 51.6 Å². The van der Waals surface area contributed by atoms with Crippen LogP contribution in [0.2, 0.25) is 0 Å². The molecule has 1 amide bonds. The summed E-state index contributed by atoms with van der Waals surface area (Å²) < 4.78 is 39.2. The van der Waals surface area contributed by atoms with Crippen LogP contribution in [0.15, 0.2) is 41.3 Å². The second kappa shape index (κ2) is 10.8. The molecule has 0 bridgehead atoms. The molecule has 0 radical (unpaired) electrons. The number of rotatable bonds is 10. The van der Waals surface area contributed by atoms with Gasteiger partial charge < -0.3 is 14.4 Å². The highest BCUT2D eigenvalue weighted by Crippen LogP contribution is 2.31. The Bertz CT molecular complexity index is 1030. The van der Waals surface area contributed by atoms with Crippen molar-refractivity contribution < 1.29 is 22.7 Å². The summed E-state index contributed by atoms with van der Waals surface area (Å²) in [4.78, 5) is 15.0. The van der Waals surface area contributed by atoms with Crippen LogP contribution in [0, 0.1) is 19.8 Å². The van der Waals surface area contributed by atoms with Crippen LogP contribution in [0.5, 0.6) is 11.5 Å². The summed E-state index contributed by atoms with van der Waals surface area (Å²) in [5.74, 6) is 1.03. The fourth-order valence-corrected chi connectivity index (χ4v) is 4.64. The van der Waals surface area contributed by atoms with E-state index in [0.717, 1.165) is 16.7 Å². The molecule has 0 saturated heterocycles. The summed E-state index contributed by atoms with van der Waals surface area (Å²) in [6.07, 6.45) is 0.388. The van der Waals surface area contributed by atoms with Crippen molar-refractivity contribution in [2.24, 2.45) is 5.92 Å². The number of amides is 1. The smallest absolute Gasteiger partial charge is 0.241 e. The van der Waals surface area contributed by atoms with Gasteiger partial charge in [0.2, 0.25) is 15.9 Å². The molecule has 0 aromatic heterocycles. The van der Waals surface area contributed by atoms with Gasteiger partial charge in [-0.15, -0.1) is 0 Å². The molecule has 1 atom stereocenters. The van der Waals surface area contributed by atoms with Crippen molar-refractivity contribution in [1.82, 2.24) is 9.62 Å². The second-order valence-electron chi connectivity index (χ2n) is 8.44. The van der Waals surface area contributed by atoms with Crippen LogP contribution >= 0.6 is 0 Å². The topological polar surface area (TPSA) is 84.9 Å². The lowest BCUT2D eigenvalue weighted by Crippen LogP contribution is -2.47. The van der Waals surface area contributed by atoms with Crippen molar-refractivity contribution in [3.8, 4) is 11.5 Å². The molecule has 32 heavy (non-hydrogen) atoms. The third-order valence-corrected chi connectivity index (χ3v) is 6.75. The van der Waals surface area contributed by atoms with Gasteiger partial charge in [0.1, 0.15) is 6.04 Å². The predicted octanol–water partition coefficient (Wildman–Crippen LogP) is 3.67. The number of sulfonamides is 1. The van der Waals surface area contributed by atoms with Crippen LogP contribution in [0.1, 0.15) is 37.0 Å². The lowest BCUT2D eigenvalue weighted by molar-refractivity contribution is -0.132. The zero-order valence-corrected chi connectivity index (χ0v) is 20.7. The van der Waals surface area contributed by atoms with Crippen molar-refractivity contribution in [3.05, 3.63) is 53.1 Å². The highest BCUT2D eigenvalue weighted by Gasteiger charge is 2.29. The predicted molar refractivity (Wildman–Crippen MR) is 126 cm³/mol. The molecule has 176 valence electrons. The van der Waals surface area contributed by atoms with E-state index in [1.165, 1.54) is 0 Å². The van der Waals surface area contributed by atoms with E-state index in [4.69, 9.17) is 9.47 Å². The number of nitrogens with one attached hydrogen (secondary N) is 1. The van der Waals surface area contributed by atoms with Crippen molar-refractivity contribution in [3.63, 3.8) is 0 Å². The van der Waals surface area contributed by atoms with E-state index >= 15 is 0 Å². The van der Waals surface area contributed by atoms with Crippen LogP contribution in [-0.2, 0) is 21.4 Å². The number of hydrogen-bond donors (Lipinski definition) is 1. The quantitative estimate of drug-likeness (QED) is 0.582. The number of ether oxygens (including phenoxy) is 2. The van der Waals surface area contributed by atoms with Gasteiger partial charge in [0, 0.05) is 13.6 Å². The van der Waals surface area contributed by atoms with Gasteiger partial charge in [0.25, 0.3) is 0 Å². The molecule has 2 aromatic carbocycles. The molecular formula is C24H34N2O5S. The fraction of sp³-hybridized carbons (Fsp3) is 0.458. The minimum atomic E-state index is -3.84. The maximum Gasteiger partial charge on any atom is 0.241 e. The highest BCUT2D eigenvalue weighted by molar-refractivity contribution is 7.89. The molecule has 0 aliphatic heterocycles. The van der Waals surface area contributed by atoms with E-state index in [1.54, 1.807) is 50.4 Å².